The predicted octanol–water partition coefficient (Wildman–Crippen LogP) is 2.54. The fourth-order valence-electron chi connectivity index (χ4n) is 1.56. The Morgan fingerprint density at radius 1 is 1.41 bits per heavy atom. The third kappa shape index (κ3) is 2.53. The highest BCUT2D eigenvalue weighted by Gasteiger charge is 2.10. The Kier molecular flexibility index (Phi) is 3.23. The van der Waals surface area contributed by atoms with Gasteiger partial charge in [-0.1, -0.05) is 32.0 Å². The van der Waals surface area contributed by atoms with Gasteiger partial charge in [-0.3, -0.25) is 4.79 Å². The molecule has 0 radical (unpaired) electrons. The average molecular weight is 229 g/mol. The minimum atomic E-state index is -0.195. The van der Waals surface area contributed by atoms with Crippen molar-refractivity contribution in [1.29, 1.82) is 0 Å². The topological polar surface area (TPSA) is 57.2 Å². The number of hydrogen-bond acceptors (Lipinski definition) is 2. The highest BCUT2D eigenvalue weighted by atomic mass is 16.2. The average Bonchev–Trinajstić information content (AvgIpc) is 2.72. The lowest BCUT2D eigenvalue weighted by Crippen LogP contribution is -2.17. The second-order valence-electron chi connectivity index (χ2n) is 4.21. The fraction of sp³-hybridized carbons (Fsp3) is 0.231. The van der Waals surface area contributed by atoms with Crippen LogP contribution in [0.5, 0.6) is 0 Å². The molecular weight excluding hydrogens is 214 g/mol. The van der Waals surface area contributed by atoms with Crippen LogP contribution in [0.15, 0.2) is 35.6 Å². The molecule has 0 aliphatic heterocycles. The molecule has 4 nitrogen and oxygen atoms in total. The summed E-state index contributed by atoms with van der Waals surface area (Å²) in [5, 5.41) is 4.80. The van der Waals surface area contributed by atoms with Gasteiger partial charge < -0.3 is 4.98 Å². The van der Waals surface area contributed by atoms with E-state index in [1.54, 1.807) is 12.4 Å². The number of fused-ring (bicyclic) bond motifs is 1. The van der Waals surface area contributed by atoms with Gasteiger partial charge in [0, 0.05) is 23.3 Å². The standard InChI is InChI=1S/C13H15N3O/c1-9(2)7-15-16-13(17)11-8-14-12-6-4-3-5-10(11)12/h3-9,14H,1-2H3,(H,16,17). The molecule has 4 heteroatoms. The van der Waals surface area contributed by atoms with Gasteiger partial charge in [-0.05, 0) is 12.0 Å². The van der Waals surface area contributed by atoms with Crippen LogP contribution in [0.4, 0.5) is 0 Å². The number of aromatic nitrogens is 1. The summed E-state index contributed by atoms with van der Waals surface area (Å²) in [7, 11) is 0. The summed E-state index contributed by atoms with van der Waals surface area (Å²) in [6.45, 7) is 4.00. The van der Waals surface area contributed by atoms with Crippen LogP contribution in [-0.2, 0) is 0 Å². The van der Waals surface area contributed by atoms with Gasteiger partial charge in [0.15, 0.2) is 0 Å². The number of aromatic amines is 1. The number of H-pyrrole nitrogens is 1. The zero-order chi connectivity index (χ0) is 12.3. The van der Waals surface area contributed by atoms with Crippen molar-refractivity contribution in [3.8, 4) is 0 Å². The first-order valence-corrected chi connectivity index (χ1v) is 5.58. The maximum absolute atomic E-state index is 11.9. The first-order chi connectivity index (χ1) is 8.18. The van der Waals surface area contributed by atoms with Crippen LogP contribution in [0.3, 0.4) is 0 Å². The molecule has 0 unspecified atom stereocenters. The zero-order valence-corrected chi connectivity index (χ0v) is 9.90. The lowest BCUT2D eigenvalue weighted by molar-refractivity contribution is 0.0956. The number of nitrogens with zero attached hydrogens (tertiary/aromatic N) is 1. The second-order valence-corrected chi connectivity index (χ2v) is 4.21. The van der Waals surface area contributed by atoms with Crippen LogP contribution in [0.1, 0.15) is 24.2 Å². The number of rotatable bonds is 3. The molecule has 1 amide bonds. The van der Waals surface area contributed by atoms with Crippen molar-refractivity contribution < 1.29 is 4.79 Å². The third-order valence-electron chi connectivity index (χ3n) is 2.37. The minimum absolute atomic E-state index is 0.195. The molecular formula is C13H15N3O. The van der Waals surface area contributed by atoms with Crippen molar-refractivity contribution in [2.45, 2.75) is 13.8 Å². The van der Waals surface area contributed by atoms with E-state index in [-0.39, 0.29) is 5.91 Å². The number of carbonyl (C=O) groups excluding carboxylic acids is 1. The van der Waals surface area contributed by atoms with E-state index in [0.29, 0.717) is 11.5 Å². The number of para-hydroxylation sites is 1. The van der Waals surface area contributed by atoms with Gasteiger partial charge in [-0.15, -0.1) is 0 Å². The summed E-state index contributed by atoms with van der Waals surface area (Å²) in [5.41, 5.74) is 4.08. The van der Waals surface area contributed by atoms with Gasteiger partial charge in [0.25, 0.3) is 5.91 Å². The lowest BCUT2D eigenvalue weighted by Gasteiger charge is -1.98. The summed E-state index contributed by atoms with van der Waals surface area (Å²) in [6, 6.07) is 7.68. The molecule has 17 heavy (non-hydrogen) atoms. The normalized spacial score (nSPS) is 11.5. The molecule has 0 aliphatic carbocycles. The number of amides is 1. The number of benzene rings is 1. The molecule has 0 saturated heterocycles. The predicted molar refractivity (Wildman–Crippen MR) is 69.1 cm³/mol. The molecule has 0 fully saturated rings. The Morgan fingerprint density at radius 2 is 2.18 bits per heavy atom. The molecule has 2 rings (SSSR count). The third-order valence-corrected chi connectivity index (χ3v) is 2.37. The molecule has 0 aliphatic rings. The fourth-order valence-corrected chi connectivity index (χ4v) is 1.56. The van der Waals surface area contributed by atoms with Gasteiger partial charge in [0.2, 0.25) is 0 Å². The Morgan fingerprint density at radius 3 is 2.94 bits per heavy atom. The molecule has 2 N–H and O–H groups in total. The zero-order valence-electron chi connectivity index (χ0n) is 9.90. The van der Waals surface area contributed by atoms with Crippen LogP contribution in [0.25, 0.3) is 10.9 Å². The summed E-state index contributed by atoms with van der Waals surface area (Å²) < 4.78 is 0. The molecule has 0 atom stereocenters. The smallest absolute Gasteiger partial charge is 0.273 e. The van der Waals surface area contributed by atoms with E-state index in [1.165, 1.54) is 0 Å². The maximum Gasteiger partial charge on any atom is 0.273 e. The van der Waals surface area contributed by atoms with Crippen molar-refractivity contribution >= 4 is 23.0 Å². The van der Waals surface area contributed by atoms with E-state index < -0.39 is 0 Å². The largest absolute Gasteiger partial charge is 0.360 e. The van der Waals surface area contributed by atoms with E-state index in [1.807, 2.05) is 38.1 Å². The quantitative estimate of drug-likeness (QED) is 0.616. The van der Waals surface area contributed by atoms with E-state index in [2.05, 4.69) is 15.5 Å². The molecule has 1 aromatic heterocycles. The summed E-state index contributed by atoms with van der Waals surface area (Å²) in [6.07, 6.45) is 3.40. The van der Waals surface area contributed by atoms with Crippen molar-refractivity contribution in [2.75, 3.05) is 0 Å². The summed E-state index contributed by atoms with van der Waals surface area (Å²) in [4.78, 5) is 14.9. The van der Waals surface area contributed by atoms with Gasteiger partial charge >= 0.3 is 0 Å². The highest BCUT2D eigenvalue weighted by molar-refractivity contribution is 6.06. The van der Waals surface area contributed by atoms with Gasteiger partial charge in [0.05, 0.1) is 5.56 Å². The second kappa shape index (κ2) is 4.82. The van der Waals surface area contributed by atoms with Gasteiger partial charge in [-0.25, -0.2) is 5.43 Å². The first-order valence-electron chi connectivity index (χ1n) is 5.58. The van der Waals surface area contributed by atoms with Crippen LogP contribution >= 0.6 is 0 Å². The van der Waals surface area contributed by atoms with Crippen molar-refractivity contribution in [2.24, 2.45) is 11.0 Å². The molecule has 1 heterocycles. The number of carbonyl (C=O) groups is 1. The molecule has 0 bridgehead atoms. The van der Waals surface area contributed by atoms with Crippen LogP contribution < -0.4 is 5.43 Å². The van der Waals surface area contributed by atoms with Crippen LogP contribution in [-0.4, -0.2) is 17.1 Å². The summed E-state index contributed by atoms with van der Waals surface area (Å²) in [5.74, 6) is 0.123. The van der Waals surface area contributed by atoms with Gasteiger partial charge in [-0.2, -0.15) is 5.10 Å². The monoisotopic (exact) mass is 229 g/mol. The maximum atomic E-state index is 11.9. The first kappa shape index (κ1) is 11.4. The highest BCUT2D eigenvalue weighted by Crippen LogP contribution is 2.17. The molecule has 2 aromatic rings. The molecule has 0 spiro atoms. The Hall–Kier alpha value is -2.10. The number of hydrazone groups is 1. The Bertz CT molecular complexity index is 555. The van der Waals surface area contributed by atoms with Crippen molar-refractivity contribution in [1.82, 2.24) is 10.4 Å². The van der Waals surface area contributed by atoms with Crippen molar-refractivity contribution in [3.63, 3.8) is 0 Å². The van der Waals surface area contributed by atoms with E-state index in [0.717, 1.165) is 10.9 Å². The Labute approximate surface area is 99.7 Å². The van der Waals surface area contributed by atoms with E-state index in [4.69, 9.17) is 0 Å². The van der Waals surface area contributed by atoms with Crippen LogP contribution in [0, 0.1) is 5.92 Å². The Balaban J connectivity index is 2.19. The van der Waals surface area contributed by atoms with Crippen LogP contribution in [0.2, 0.25) is 0 Å². The summed E-state index contributed by atoms with van der Waals surface area (Å²) >= 11 is 0. The molecule has 1 aromatic carbocycles. The van der Waals surface area contributed by atoms with Gasteiger partial charge in [0.1, 0.15) is 0 Å². The number of nitrogens with one attached hydrogen (secondary N) is 2. The van der Waals surface area contributed by atoms with E-state index in [9.17, 15) is 4.79 Å². The minimum Gasteiger partial charge on any atom is -0.360 e. The SMILES string of the molecule is CC(C)C=NNC(=O)c1c[nH]c2ccccc12. The van der Waals surface area contributed by atoms with Crippen molar-refractivity contribution in [3.05, 3.63) is 36.0 Å². The molecule has 0 saturated carbocycles. The lowest BCUT2D eigenvalue weighted by atomic mass is 10.2. The van der Waals surface area contributed by atoms with E-state index >= 15 is 0 Å². The molecule has 88 valence electrons. The number of hydrogen-bond donors (Lipinski definition) is 2.